The minimum Gasteiger partial charge on any atom is -0.366 e. The van der Waals surface area contributed by atoms with Gasteiger partial charge in [0.15, 0.2) is 5.65 Å². The lowest BCUT2D eigenvalue weighted by Crippen LogP contribution is -1.94. The van der Waals surface area contributed by atoms with E-state index in [1.54, 1.807) is 4.52 Å². The van der Waals surface area contributed by atoms with Crippen LogP contribution in [-0.2, 0) is 0 Å². The Balaban J connectivity index is 1.70. The van der Waals surface area contributed by atoms with E-state index in [0.29, 0.717) is 0 Å². The summed E-state index contributed by atoms with van der Waals surface area (Å²) in [6, 6.07) is 29.6. The molecule has 0 saturated carbocycles. The maximum absolute atomic E-state index is 5.83. The molecule has 3 aromatic carbocycles. The lowest BCUT2D eigenvalue weighted by Gasteiger charge is -2.09. The molecule has 0 aliphatic heterocycles. The van der Waals surface area contributed by atoms with Crippen LogP contribution in [-0.4, -0.2) is 19.2 Å². The normalized spacial score (nSPS) is 11.6. The molecule has 3 aromatic heterocycles. The van der Waals surface area contributed by atoms with Gasteiger partial charge >= 0.3 is 0 Å². The molecule has 0 radical (unpaired) electrons. The number of nitrogens with zero attached hydrogens (tertiary/aromatic N) is 4. The first-order chi connectivity index (χ1) is 14.3. The minimum absolute atomic E-state index is 0.275. The van der Waals surface area contributed by atoms with Gasteiger partial charge in [-0.1, -0.05) is 48.5 Å². The van der Waals surface area contributed by atoms with Crippen LogP contribution < -0.4 is 5.73 Å². The Labute approximate surface area is 166 Å². The predicted molar refractivity (Wildman–Crippen MR) is 117 cm³/mol. The molecule has 6 aromatic rings. The van der Waals surface area contributed by atoms with Crippen molar-refractivity contribution in [2.45, 2.75) is 0 Å². The highest BCUT2D eigenvalue weighted by Crippen LogP contribution is 2.35. The minimum atomic E-state index is 0.275. The lowest BCUT2D eigenvalue weighted by molar-refractivity contribution is 0.969. The summed E-state index contributed by atoms with van der Waals surface area (Å²) in [5, 5.41) is 6.70. The van der Waals surface area contributed by atoms with Gasteiger partial charge in [0.25, 0.3) is 0 Å². The Morgan fingerprint density at radius 2 is 1.52 bits per heavy atom. The van der Waals surface area contributed by atoms with Crippen molar-refractivity contribution in [1.82, 2.24) is 19.2 Å². The molecule has 2 N–H and O–H groups in total. The van der Waals surface area contributed by atoms with E-state index in [-0.39, 0.29) is 5.95 Å². The molecule has 29 heavy (non-hydrogen) atoms. The van der Waals surface area contributed by atoms with E-state index in [9.17, 15) is 0 Å². The van der Waals surface area contributed by atoms with E-state index in [2.05, 4.69) is 87.4 Å². The van der Waals surface area contributed by atoms with Crippen molar-refractivity contribution >= 4 is 33.4 Å². The molecule has 0 bridgehead atoms. The van der Waals surface area contributed by atoms with Crippen LogP contribution >= 0.6 is 0 Å². The van der Waals surface area contributed by atoms with Crippen molar-refractivity contribution in [2.24, 2.45) is 0 Å². The SMILES string of the molecule is Nc1nc2c(-c3ccc4c5ccccc5n(-c5ccccc5)c4c3)cccn2n1. The van der Waals surface area contributed by atoms with Crippen LogP contribution in [0.25, 0.3) is 44.3 Å². The molecule has 0 saturated heterocycles. The number of hydrogen-bond donors (Lipinski definition) is 1. The molecule has 138 valence electrons. The third kappa shape index (κ3) is 2.34. The molecular weight excluding hydrogens is 358 g/mol. The number of benzene rings is 3. The van der Waals surface area contributed by atoms with E-state index in [1.807, 2.05) is 18.3 Å². The van der Waals surface area contributed by atoms with Gasteiger partial charge in [-0.15, -0.1) is 5.10 Å². The Bertz CT molecular complexity index is 1510. The van der Waals surface area contributed by atoms with Crippen molar-refractivity contribution in [3.63, 3.8) is 0 Å². The monoisotopic (exact) mass is 375 g/mol. The smallest absolute Gasteiger partial charge is 0.240 e. The molecule has 6 rings (SSSR count). The average molecular weight is 375 g/mol. The summed E-state index contributed by atoms with van der Waals surface area (Å²) in [6.45, 7) is 0. The standard InChI is InChI=1S/C24H17N5/c25-24-26-23-18(10-6-14-28(23)27-24)16-12-13-20-19-9-4-5-11-21(19)29(22(20)15-16)17-7-2-1-3-8-17/h1-15H,(H2,25,27). The molecule has 0 unspecified atom stereocenters. The predicted octanol–water partition coefficient (Wildman–Crippen LogP) is 5.08. The molecule has 0 spiro atoms. The van der Waals surface area contributed by atoms with Gasteiger partial charge in [0.2, 0.25) is 5.95 Å². The second-order valence-corrected chi connectivity index (χ2v) is 7.08. The first-order valence-corrected chi connectivity index (χ1v) is 9.49. The zero-order valence-corrected chi connectivity index (χ0v) is 15.5. The summed E-state index contributed by atoms with van der Waals surface area (Å²) in [5.74, 6) is 0.275. The first kappa shape index (κ1) is 15.9. The fourth-order valence-electron chi connectivity index (χ4n) is 4.14. The number of para-hydroxylation sites is 2. The van der Waals surface area contributed by atoms with Gasteiger partial charge in [0.1, 0.15) is 0 Å². The molecule has 0 aliphatic rings. The molecule has 0 atom stereocenters. The van der Waals surface area contributed by atoms with Crippen LogP contribution in [0, 0.1) is 0 Å². The van der Waals surface area contributed by atoms with Crippen LogP contribution in [0.4, 0.5) is 5.95 Å². The third-order valence-electron chi connectivity index (χ3n) is 5.38. The number of anilines is 1. The van der Waals surface area contributed by atoms with Crippen LogP contribution in [0.3, 0.4) is 0 Å². The fraction of sp³-hybridized carbons (Fsp3) is 0. The lowest BCUT2D eigenvalue weighted by atomic mass is 10.0. The second-order valence-electron chi connectivity index (χ2n) is 7.08. The average Bonchev–Trinajstić information content (AvgIpc) is 3.30. The van der Waals surface area contributed by atoms with E-state index in [4.69, 9.17) is 5.73 Å². The van der Waals surface area contributed by atoms with E-state index >= 15 is 0 Å². The zero-order valence-electron chi connectivity index (χ0n) is 15.5. The van der Waals surface area contributed by atoms with Crippen LogP contribution in [0.5, 0.6) is 0 Å². The number of nitrogens with two attached hydrogens (primary N) is 1. The van der Waals surface area contributed by atoms with Gasteiger partial charge in [-0.3, -0.25) is 0 Å². The highest BCUT2D eigenvalue weighted by atomic mass is 15.3. The molecule has 3 heterocycles. The number of pyridine rings is 1. The van der Waals surface area contributed by atoms with Gasteiger partial charge < -0.3 is 10.3 Å². The van der Waals surface area contributed by atoms with E-state index in [1.165, 1.54) is 16.3 Å². The Morgan fingerprint density at radius 1 is 0.724 bits per heavy atom. The Hall–Kier alpha value is -4.12. The molecular formula is C24H17N5. The van der Waals surface area contributed by atoms with Crippen molar-refractivity contribution in [3.05, 3.63) is 91.1 Å². The molecule has 0 aliphatic carbocycles. The van der Waals surface area contributed by atoms with Crippen molar-refractivity contribution in [2.75, 3.05) is 5.73 Å². The number of nitrogen functional groups attached to an aromatic ring is 1. The topological polar surface area (TPSA) is 61.1 Å². The zero-order chi connectivity index (χ0) is 19.4. The molecule has 5 nitrogen and oxygen atoms in total. The summed E-state index contributed by atoms with van der Waals surface area (Å²) in [4.78, 5) is 4.42. The van der Waals surface area contributed by atoms with Crippen LogP contribution in [0.2, 0.25) is 0 Å². The quantitative estimate of drug-likeness (QED) is 0.459. The number of aromatic nitrogens is 4. The number of rotatable bonds is 2. The third-order valence-corrected chi connectivity index (χ3v) is 5.38. The van der Waals surface area contributed by atoms with Gasteiger partial charge in [0.05, 0.1) is 11.0 Å². The summed E-state index contributed by atoms with van der Waals surface area (Å²) >= 11 is 0. The fourth-order valence-corrected chi connectivity index (χ4v) is 4.14. The number of fused-ring (bicyclic) bond motifs is 4. The van der Waals surface area contributed by atoms with Crippen LogP contribution in [0.15, 0.2) is 91.1 Å². The van der Waals surface area contributed by atoms with Gasteiger partial charge in [-0.05, 0) is 42.0 Å². The van der Waals surface area contributed by atoms with E-state index < -0.39 is 0 Å². The summed E-state index contributed by atoms with van der Waals surface area (Å²) in [6.07, 6.45) is 1.86. The van der Waals surface area contributed by atoms with E-state index in [0.717, 1.165) is 28.0 Å². The van der Waals surface area contributed by atoms with Crippen molar-refractivity contribution in [1.29, 1.82) is 0 Å². The maximum Gasteiger partial charge on any atom is 0.240 e. The van der Waals surface area contributed by atoms with Gasteiger partial charge in [-0.25, -0.2) is 4.52 Å². The molecule has 0 fully saturated rings. The highest BCUT2D eigenvalue weighted by molar-refractivity contribution is 6.10. The van der Waals surface area contributed by atoms with Crippen molar-refractivity contribution in [3.8, 4) is 16.8 Å². The first-order valence-electron chi connectivity index (χ1n) is 9.49. The maximum atomic E-state index is 5.83. The molecule has 0 amide bonds. The second kappa shape index (κ2) is 5.94. The highest BCUT2D eigenvalue weighted by Gasteiger charge is 2.14. The Kier molecular flexibility index (Phi) is 3.25. The van der Waals surface area contributed by atoms with Crippen molar-refractivity contribution < 1.29 is 0 Å². The summed E-state index contributed by atoms with van der Waals surface area (Å²) < 4.78 is 4.04. The summed E-state index contributed by atoms with van der Waals surface area (Å²) in [5.41, 5.74) is 12.2. The summed E-state index contributed by atoms with van der Waals surface area (Å²) in [7, 11) is 0. The largest absolute Gasteiger partial charge is 0.366 e. The van der Waals surface area contributed by atoms with Gasteiger partial charge in [0, 0.05) is 28.2 Å². The number of hydrogen-bond acceptors (Lipinski definition) is 3. The van der Waals surface area contributed by atoms with Gasteiger partial charge in [-0.2, -0.15) is 4.98 Å². The molecule has 5 heteroatoms. The van der Waals surface area contributed by atoms with Crippen LogP contribution in [0.1, 0.15) is 0 Å². The Morgan fingerprint density at radius 3 is 2.41 bits per heavy atom.